The lowest BCUT2D eigenvalue weighted by Gasteiger charge is -2.25. The Kier molecular flexibility index (Phi) is 4.00. The number of rotatable bonds is 3. The molecule has 2 rings (SSSR count). The zero-order chi connectivity index (χ0) is 12.1. The van der Waals surface area contributed by atoms with E-state index < -0.39 is 5.97 Å². The molecule has 0 spiro atoms. The van der Waals surface area contributed by atoms with Crippen LogP contribution in [0.1, 0.15) is 16.2 Å². The van der Waals surface area contributed by atoms with E-state index in [-0.39, 0.29) is 5.69 Å². The van der Waals surface area contributed by atoms with Crippen LogP contribution < -0.4 is 0 Å². The summed E-state index contributed by atoms with van der Waals surface area (Å²) in [5.74, 6) is -0.463. The Labute approximate surface area is 99.6 Å². The van der Waals surface area contributed by atoms with Crippen molar-refractivity contribution in [2.45, 2.75) is 6.54 Å². The second kappa shape index (κ2) is 5.70. The topological polar surface area (TPSA) is 64.5 Å². The number of carbonyl (C=O) groups excluding carboxylic acids is 1. The molecule has 0 bridgehead atoms. The minimum Gasteiger partial charge on any atom is -0.464 e. The summed E-state index contributed by atoms with van der Waals surface area (Å²) in [6, 6.07) is 0. The maximum Gasteiger partial charge on any atom is 0.358 e. The molecule has 92 valence electrons. The minimum atomic E-state index is -0.463. The van der Waals surface area contributed by atoms with Gasteiger partial charge in [0.05, 0.1) is 38.4 Å². The van der Waals surface area contributed by atoms with Gasteiger partial charge in [0.25, 0.3) is 0 Å². The van der Waals surface area contributed by atoms with Crippen molar-refractivity contribution in [3.8, 4) is 0 Å². The molecule has 17 heavy (non-hydrogen) atoms. The van der Waals surface area contributed by atoms with Crippen molar-refractivity contribution in [1.29, 1.82) is 0 Å². The van der Waals surface area contributed by atoms with E-state index in [0.717, 1.165) is 38.5 Å². The lowest BCUT2D eigenvalue weighted by atomic mass is 10.3. The number of ether oxygens (including phenoxy) is 2. The lowest BCUT2D eigenvalue weighted by Crippen LogP contribution is -2.35. The summed E-state index contributed by atoms with van der Waals surface area (Å²) in [5, 5.41) is 0. The molecule has 6 heteroatoms. The van der Waals surface area contributed by atoms with Gasteiger partial charge in [0, 0.05) is 19.6 Å². The molecule has 1 aromatic heterocycles. The summed E-state index contributed by atoms with van der Waals surface area (Å²) >= 11 is 0. The molecule has 0 atom stereocenters. The smallest absolute Gasteiger partial charge is 0.358 e. The molecule has 1 aliphatic rings. The molecule has 1 fully saturated rings. The van der Waals surface area contributed by atoms with Crippen LogP contribution in [0.15, 0.2) is 12.4 Å². The second-order valence-electron chi connectivity index (χ2n) is 3.77. The average Bonchev–Trinajstić information content (AvgIpc) is 2.40. The van der Waals surface area contributed by atoms with Crippen molar-refractivity contribution in [3.63, 3.8) is 0 Å². The number of carbonyl (C=O) groups is 1. The number of nitrogens with zero attached hydrogens (tertiary/aromatic N) is 3. The highest BCUT2D eigenvalue weighted by molar-refractivity contribution is 5.86. The van der Waals surface area contributed by atoms with E-state index >= 15 is 0 Å². The number of methoxy groups -OCH3 is 1. The van der Waals surface area contributed by atoms with Crippen molar-refractivity contribution in [1.82, 2.24) is 14.9 Å². The SMILES string of the molecule is COC(=O)c1cnc(CN2CCOCC2)cn1. The first-order valence-corrected chi connectivity index (χ1v) is 5.49. The number of esters is 1. The van der Waals surface area contributed by atoms with E-state index in [4.69, 9.17) is 4.74 Å². The van der Waals surface area contributed by atoms with E-state index in [9.17, 15) is 4.79 Å². The normalized spacial score (nSPS) is 16.8. The molecule has 1 saturated heterocycles. The van der Waals surface area contributed by atoms with Crippen LogP contribution in [0.4, 0.5) is 0 Å². The lowest BCUT2D eigenvalue weighted by molar-refractivity contribution is 0.0336. The third-order valence-electron chi connectivity index (χ3n) is 2.59. The highest BCUT2D eigenvalue weighted by Crippen LogP contribution is 2.04. The molecule has 0 N–H and O–H groups in total. The fraction of sp³-hybridized carbons (Fsp3) is 0.545. The third kappa shape index (κ3) is 3.21. The summed E-state index contributed by atoms with van der Waals surface area (Å²) in [4.78, 5) is 21.6. The molecular formula is C11H15N3O3. The van der Waals surface area contributed by atoms with Gasteiger partial charge < -0.3 is 9.47 Å². The molecule has 1 aliphatic heterocycles. The van der Waals surface area contributed by atoms with Gasteiger partial charge in [-0.05, 0) is 0 Å². The molecule has 0 saturated carbocycles. The molecule has 0 aromatic carbocycles. The molecule has 0 amide bonds. The average molecular weight is 237 g/mol. The van der Waals surface area contributed by atoms with Gasteiger partial charge in [-0.15, -0.1) is 0 Å². The van der Waals surface area contributed by atoms with Gasteiger partial charge in [-0.1, -0.05) is 0 Å². The van der Waals surface area contributed by atoms with Gasteiger partial charge in [0.15, 0.2) is 5.69 Å². The van der Waals surface area contributed by atoms with Crippen LogP contribution in [0.2, 0.25) is 0 Å². The molecule has 2 heterocycles. The van der Waals surface area contributed by atoms with Crippen LogP contribution in [-0.4, -0.2) is 54.3 Å². The largest absolute Gasteiger partial charge is 0.464 e. The Morgan fingerprint density at radius 2 is 2.18 bits per heavy atom. The van der Waals surface area contributed by atoms with Gasteiger partial charge in [0.1, 0.15) is 0 Å². The van der Waals surface area contributed by atoms with Gasteiger partial charge in [-0.2, -0.15) is 0 Å². The van der Waals surface area contributed by atoms with Crippen LogP contribution in [0.25, 0.3) is 0 Å². The van der Waals surface area contributed by atoms with E-state index in [1.54, 1.807) is 6.20 Å². The number of aromatic nitrogens is 2. The van der Waals surface area contributed by atoms with Crippen LogP contribution in [0, 0.1) is 0 Å². The van der Waals surface area contributed by atoms with Gasteiger partial charge in [-0.25, -0.2) is 9.78 Å². The predicted octanol–water partition coefficient (Wildman–Crippen LogP) is 0.0954. The molecule has 6 nitrogen and oxygen atoms in total. The molecular weight excluding hydrogens is 222 g/mol. The van der Waals surface area contributed by atoms with E-state index in [2.05, 4.69) is 19.6 Å². The third-order valence-corrected chi connectivity index (χ3v) is 2.59. The van der Waals surface area contributed by atoms with Crippen molar-refractivity contribution in [2.75, 3.05) is 33.4 Å². The summed E-state index contributed by atoms with van der Waals surface area (Å²) in [5.41, 5.74) is 1.08. The van der Waals surface area contributed by atoms with Crippen LogP contribution >= 0.6 is 0 Å². The summed E-state index contributed by atoms with van der Waals surface area (Å²) in [7, 11) is 1.33. The van der Waals surface area contributed by atoms with E-state index in [1.807, 2.05) is 0 Å². The van der Waals surface area contributed by atoms with Crippen molar-refractivity contribution < 1.29 is 14.3 Å². The Bertz CT molecular complexity index is 374. The number of hydrogen-bond donors (Lipinski definition) is 0. The van der Waals surface area contributed by atoms with Crippen molar-refractivity contribution >= 4 is 5.97 Å². The second-order valence-corrected chi connectivity index (χ2v) is 3.77. The maximum atomic E-state index is 11.2. The highest BCUT2D eigenvalue weighted by atomic mass is 16.5. The first-order chi connectivity index (χ1) is 8.29. The number of hydrogen-bond acceptors (Lipinski definition) is 6. The van der Waals surface area contributed by atoms with Crippen molar-refractivity contribution in [3.05, 3.63) is 23.8 Å². The van der Waals surface area contributed by atoms with Gasteiger partial charge >= 0.3 is 5.97 Å². The zero-order valence-corrected chi connectivity index (χ0v) is 9.76. The first kappa shape index (κ1) is 11.9. The maximum absolute atomic E-state index is 11.2. The van der Waals surface area contributed by atoms with Crippen LogP contribution in [-0.2, 0) is 16.0 Å². The quantitative estimate of drug-likeness (QED) is 0.694. The fourth-order valence-electron chi connectivity index (χ4n) is 1.63. The van der Waals surface area contributed by atoms with Gasteiger partial charge in [-0.3, -0.25) is 9.88 Å². The molecule has 1 aromatic rings. The Morgan fingerprint density at radius 3 is 2.76 bits per heavy atom. The van der Waals surface area contributed by atoms with Crippen LogP contribution in [0.5, 0.6) is 0 Å². The minimum absolute atomic E-state index is 0.234. The van der Waals surface area contributed by atoms with Gasteiger partial charge in [0.2, 0.25) is 0 Å². The standard InChI is InChI=1S/C11H15N3O3/c1-16-11(15)10-7-12-9(6-13-10)8-14-2-4-17-5-3-14/h6-7H,2-5,8H2,1H3. The number of morpholine rings is 1. The van der Waals surface area contributed by atoms with Crippen molar-refractivity contribution in [2.24, 2.45) is 0 Å². The summed E-state index contributed by atoms with van der Waals surface area (Å²) in [6.45, 7) is 4.06. The molecule has 0 aliphatic carbocycles. The highest BCUT2D eigenvalue weighted by Gasteiger charge is 2.12. The summed E-state index contributed by atoms with van der Waals surface area (Å²) in [6.07, 6.45) is 3.06. The van der Waals surface area contributed by atoms with Crippen LogP contribution in [0.3, 0.4) is 0 Å². The summed E-state index contributed by atoms with van der Waals surface area (Å²) < 4.78 is 9.82. The predicted molar refractivity (Wildman–Crippen MR) is 59.5 cm³/mol. The van der Waals surface area contributed by atoms with E-state index in [1.165, 1.54) is 13.3 Å². The Hall–Kier alpha value is -1.53. The Balaban J connectivity index is 1.95. The molecule has 0 radical (unpaired) electrons. The monoisotopic (exact) mass is 237 g/mol. The zero-order valence-electron chi connectivity index (χ0n) is 9.76. The fourth-order valence-corrected chi connectivity index (χ4v) is 1.63. The first-order valence-electron chi connectivity index (χ1n) is 5.49. The molecule has 0 unspecified atom stereocenters. The van der Waals surface area contributed by atoms with E-state index in [0.29, 0.717) is 0 Å². The Morgan fingerprint density at radius 1 is 1.41 bits per heavy atom.